The number of likely N-dealkylation sites (tertiary alicyclic amines) is 2. The topological polar surface area (TPSA) is 125 Å². The number of benzene rings is 1. The molecule has 240 valence electrons. The van der Waals surface area contributed by atoms with E-state index in [2.05, 4.69) is 15.1 Å². The van der Waals surface area contributed by atoms with Crippen LogP contribution < -0.4 is 15.8 Å². The van der Waals surface area contributed by atoms with E-state index < -0.39 is 11.5 Å². The Bertz CT molecular complexity index is 1070. The van der Waals surface area contributed by atoms with E-state index in [1.807, 2.05) is 0 Å². The minimum Gasteiger partial charge on any atom is -0.481 e. The standard InChI is InChI=1S/C33H51ClN4O5/c34-29-21-27-28(35)12-11-26(32(27)43-29)33(42)36-22-24-13-17-37(18-14-24)23-25-15-19-38(20-16-25)30(39)9-7-5-3-1-2-4-6-8-10-31(40)41/h11-12,24-25,29H,1-10,13-23,35H2,(H,36,42)(H,40,41). The number of nitrogen functional groups attached to an aromatic ring is 1. The highest BCUT2D eigenvalue weighted by atomic mass is 35.5. The lowest BCUT2D eigenvalue weighted by atomic mass is 9.92. The lowest BCUT2D eigenvalue weighted by Gasteiger charge is -2.37. The maximum Gasteiger partial charge on any atom is 0.303 e. The van der Waals surface area contributed by atoms with Gasteiger partial charge in [-0.1, -0.05) is 50.1 Å². The Balaban J connectivity index is 1.03. The zero-order valence-electron chi connectivity index (χ0n) is 25.7. The number of hydrogen-bond acceptors (Lipinski definition) is 6. The Morgan fingerprint density at radius 1 is 0.884 bits per heavy atom. The van der Waals surface area contributed by atoms with Crippen LogP contribution in [0.1, 0.15) is 106 Å². The first-order chi connectivity index (χ1) is 20.8. The molecule has 4 N–H and O–H groups in total. The molecular formula is C33H51ClN4O5. The molecular weight excluding hydrogens is 568 g/mol. The van der Waals surface area contributed by atoms with Crippen molar-refractivity contribution in [3.8, 4) is 5.75 Å². The zero-order valence-corrected chi connectivity index (χ0v) is 26.4. The van der Waals surface area contributed by atoms with Gasteiger partial charge in [-0.25, -0.2) is 0 Å². The van der Waals surface area contributed by atoms with Gasteiger partial charge in [-0.05, 0) is 75.6 Å². The number of carbonyl (C=O) groups is 3. The minimum absolute atomic E-state index is 0.132. The number of hydrogen-bond donors (Lipinski definition) is 3. The van der Waals surface area contributed by atoms with Crippen LogP contribution in [0.2, 0.25) is 0 Å². The van der Waals surface area contributed by atoms with Crippen LogP contribution in [-0.2, 0) is 16.0 Å². The van der Waals surface area contributed by atoms with E-state index in [0.29, 0.717) is 54.1 Å². The van der Waals surface area contributed by atoms with Crippen LogP contribution in [0.4, 0.5) is 5.69 Å². The van der Waals surface area contributed by atoms with Crippen molar-refractivity contribution in [2.75, 3.05) is 45.0 Å². The van der Waals surface area contributed by atoms with Gasteiger partial charge in [0, 0.05) is 56.7 Å². The smallest absolute Gasteiger partial charge is 0.303 e. The second-order valence-electron chi connectivity index (χ2n) is 12.7. The van der Waals surface area contributed by atoms with Gasteiger partial charge in [0.1, 0.15) is 5.75 Å². The van der Waals surface area contributed by atoms with Crippen molar-refractivity contribution in [1.29, 1.82) is 0 Å². The Kier molecular flexibility index (Phi) is 13.3. The maximum absolute atomic E-state index is 12.9. The van der Waals surface area contributed by atoms with Crippen molar-refractivity contribution in [3.63, 3.8) is 0 Å². The first-order valence-electron chi connectivity index (χ1n) is 16.5. The van der Waals surface area contributed by atoms with Gasteiger partial charge in [0.2, 0.25) is 5.91 Å². The molecule has 1 aromatic carbocycles. The molecule has 3 heterocycles. The lowest BCUT2D eigenvalue weighted by molar-refractivity contribution is -0.137. The largest absolute Gasteiger partial charge is 0.481 e. The second kappa shape index (κ2) is 17.1. The van der Waals surface area contributed by atoms with Crippen LogP contribution in [0.15, 0.2) is 12.1 Å². The van der Waals surface area contributed by atoms with Gasteiger partial charge in [0.05, 0.1) is 5.56 Å². The lowest BCUT2D eigenvalue weighted by Crippen LogP contribution is -2.44. The molecule has 2 fully saturated rings. The molecule has 3 aliphatic heterocycles. The number of alkyl halides is 1. The highest BCUT2D eigenvalue weighted by Crippen LogP contribution is 2.37. The van der Waals surface area contributed by atoms with Crippen molar-refractivity contribution in [2.45, 2.75) is 102 Å². The number of amides is 2. The van der Waals surface area contributed by atoms with Gasteiger partial charge >= 0.3 is 5.97 Å². The number of halogens is 1. The number of anilines is 1. The number of ether oxygens (including phenoxy) is 1. The Morgan fingerprint density at radius 3 is 2.14 bits per heavy atom. The summed E-state index contributed by atoms with van der Waals surface area (Å²) in [6, 6.07) is 3.48. The first kappa shape index (κ1) is 33.4. The molecule has 4 rings (SSSR count). The third kappa shape index (κ3) is 10.6. The van der Waals surface area contributed by atoms with Crippen LogP contribution in [0, 0.1) is 11.8 Å². The molecule has 1 aromatic rings. The van der Waals surface area contributed by atoms with E-state index in [-0.39, 0.29) is 12.3 Å². The molecule has 3 aliphatic rings. The first-order valence-corrected chi connectivity index (χ1v) is 17.0. The number of nitrogens with two attached hydrogens (primary N) is 1. The van der Waals surface area contributed by atoms with Crippen molar-refractivity contribution < 1.29 is 24.2 Å². The maximum atomic E-state index is 12.9. The highest BCUT2D eigenvalue weighted by molar-refractivity contribution is 6.20. The molecule has 10 heteroatoms. The molecule has 0 aliphatic carbocycles. The molecule has 1 unspecified atom stereocenters. The molecule has 2 saturated heterocycles. The van der Waals surface area contributed by atoms with E-state index in [9.17, 15) is 14.4 Å². The number of fused-ring (bicyclic) bond motifs is 1. The summed E-state index contributed by atoms with van der Waals surface area (Å²) in [6.07, 6.45) is 14.2. The fourth-order valence-electron chi connectivity index (χ4n) is 6.70. The average Bonchev–Trinajstić information content (AvgIpc) is 3.40. The van der Waals surface area contributed by atoms with Crippen molar-refractivity contribution in [1.82, 2.24) is 15.1 Å². The molecule has 0 spiro atoms. The molecule has 43 heavy (non-hydrogen) atoms. The average molecular weight is 619 g/mol. The molecule has 0 bridgehead atoms. The van der Waals surface area contributed by atoms with Gasteiger partial charge in [0.25, 0.3) is 5.91 Å². The fourth-order valence-corrected chi connectivity index (χ4v) is 6.95. The van der Waals surface area contributed by atoms with Crippen LogP contribution in [-0.4, -0.2) is 77.5 Å². The summed E-state index contributed by atoms with van der Waals surface area (Å²) in [5.41, 5.74) is 7.50. The highest BCUT2D eigenvalue weighted by Gasteiger charge is 2.30. The number of aliphatic carboxylic acids is 1. The normalized spacial score (nSPS) is 19.7. The number of nitrogens with one attached hydrogen (secondary N) is 1. The summed E-state index contributed by atoms with van der Waals surface area (Å²) in [5, 5.41) is 11.8. The van der Waals surface area contributed by atoms with Gasteiger partial charge in [-0.3, -0.25) is 14.4 Å². The van der Waals surface area contributed by atoms with Gasteiger partial charge in [-0.15, -0.1) is 0 Å². The monoisotopic (exact) mass is 618 g/mol. The van der Waals surface area contributed by atoms with Crippen LogP contribution >= 0.6 is 11.6 Å². The minimum atomic E-state index is -0.702. The number of carbonyl (C=O) groups excluding carboxylic acids is 2. The third-order valence-electron chi connectivity index (χ3n) is 9.43. The third-order valence-corrected chi connectivity index (χ3v) is 9.67. The van der Waals surface area contributed by atoms with E-state index in [1.165, 1.54) is 6.42 Å². The fraction of sp³-hybridized carbons (Fsp3) is 0.727. The van der Waals surface area contributed by atoms with Crippen molar-refractivity contribution in [3.05, 3.63) is 23.3 Å². The quantitative estimate of drug-likeness (QED) is 0.128. The molecule has 9 nitrogen and oxygen atoms in total. The molecule has 0 radical (unpaired) electrons. The summed E-state index contributed by atoms with van der Waals surface area (Å²) in [7, 11) is 0. The Labute approximate surface area is 261 Å². The SMILES string of the molecule is Nc1ccc(C(=O)NCC2CCN(CC3CCN(C(=O)CCCCCCCCCCC(=O)O)CC3)CC2)c2c1CC(Cl)O2. The van der Waals surface area contributed by atoms with E-state index >= 15 is 0 Å². The summed E-state index contributed by atoms with van der Waals surface area (Å²) < 4.78 is 5.67. The second-order valence-corrected chi connectivity index (χ2v) is 13.2. The molecule has 1 atom stereocenters. The number of piperidine rings is 2. The van der Waals surface area contributed by atoms with Crippen LogP contribution in [0.5, 0.6) is 5.75 Å². The molecule has 0 aromatic heterocycles. The number of unbranched alkanes of at least 4 members (excludes halogenated alkanes) is 7. The number of rotatable bonds is 16. The number of carboxylic acid groups (broad SMARTS) is 1. The van der Waals surface area contributed by atoms with Crippen LogP contribution in [0.3, 0.4) is 0 Å². The van der Waals surface area contributed by atoms with Gasteiger partial charge < -0.3 is 30.7 Å². The van der Waals surface area contributed by atoms with E-state index in [0.717, 1.165) is 109 Å². The van der Waals surface area contributed by atoms with E-state index in [1.54, 1.807) is 12.1 Å². The number of carboxylic acids is 1. The number of nitrogens with zero attached hydrogens (tertiary/aromatic N) is 2. The Hall–Kier alpha value is -2.52. The van der Waals surface area contributed by atoms with Crippen molar-refractivity contribution in [2.24, 2.45) is 11.8 Å². The summed E-state index contributed by atoms with van der Waals surface area (Å²) >= 11 is 6.14. The zero-order chi connectivity index (χ0) is 30.6. The predicted molar refractivity (Wildman–Crippen MR) is 169 cm³/mol. The summed E-state index contributed by atoms with van der Waals surface area (Å²) in [5.74, 6) is 1.11. The molecule has 2 amide bonds. The van der Waals surface area contributed by atoms with Gasteiger partial charge in [0.15, 0.2) is 5.56 Å². The Morgan fingerprint density at radius 2 is 1.49 bits per heavy atom. The van der Waals surface area contributed by atoms with Crippen LogP contribution in [0.25, 0.3) is 0 Å². The van der Waals surface area contributed by atoms with Gasteiger partial charge in [-0.2, -0.15) is 0 Å². The summed E-state index contributed by atoms with van der Waals surface area (Å²) in [6.45, 7) is 5.63. The summed E-state index contributed by atoms with van der Waals surface area (Å²) in [4.78, 5) is 40.8. The van der Waals surface area contributed by atoms with Crippen molar-refractivity contribution >= 4 is 35.1 Å². The van der Waals surface area contributed by atoms with E-state index in [4.69, 9.17) is 27.2 Å². The molecule has 0 saturated carbocycles. The predicted octanol–water partition coefficient (Wildman–Crippen LogP) is 5.43.